The molecule has 5 nitrogen and oxygen atoms in total. The lowest BCUT2D eigenvalue weighted by Gasteiger charge is -2.44. The van der Waals surface area contributed by atoms with Crippen molar-refractivity contribution in [2.45, 2.75) is 70.8 Å². The largest absolute Gasteiger partial charge is 0.465 e. The van der Waals surface area contributed by atoms with E-state index < -0.39 is 8.32 Å². The van der Waals surface area contributed by atoms with E-state index >= 15 is 0 Å². The van der Waals surface area contributed by atoms with Gasteiger partial charge in [0.05, 0.1) is 37.8 Å². The number of amides is 1. The Labute approximate surface area is 213 Å². The van der Waals surface area contributed by atoms with Crippen LogP contribution in [-0.4, -0.2) is 44.9 Å². The number of rotatable bonds is 6. The third kappa shape index (κ3) is 5.47. The molecule has 2 aromatic rings. The van der Waals surface area contributed by atoms with Crippen LogP contribution >= 0.6 is 15.9 Å². The minimum Gasteiger partial charge on any atom is -0.465 e. The Bertz CT molecular complexity index is 1060. The van der Waals surface area contributed by atoms with E-state index in [0.717, 1.165) is 21.2 Å². The van der Waals surface area contributed by atoms with E-state index in [0.29, 0.717) is 25.0 Å². The van der Waals surface area contributed by atoms with Crippen molar-refractivity contribution in [1.82, 2.24) is 4.90 Å². The summed E-state index contributed by atoms with van der Waals surface area (Å²) in [5.41, 5.74) is 3.47. The van der Waals surface area contributed by atoms with Crippen molar-refractivity contribution in [2.75, 3.05) is 13.7 Å². The minimum atomic E-state index is -2.03. The van der Waals surface area contributed by atoms with Crippen molar-refractivity contribution >= 4 is 36.1 Å². The predicted octanol–water partition coefficient (Wildman–Crippen LogP) is 6.31. The molecule has 1 aliphatic rings. The summed E-state index contributed by atoms with van der Waals surface area (Å²) >= 11 is 3.58. The van der Waals surface area contributed by atoms with Crippen LogP contribution in [0, 0.1) is 0 Å². The second-order valence-electron chi connectivity index (χ2n) is 10.5. The summed E-state index contributed by atoms with van der Waals surface area (Å²) in [6.07, 6.45) is 0.857. The van der Waals surface area contributed by atoms with E-state index in [1.54, 1.807) is 0 Å². The monoisotopic (exact) mass is 545 g/mol. The first kappa shape index (κ1) is 26.6. The number of halogens is 1. The molecule has 0 spiro atoms. The van der Waals surface area contributed by atoms with Crippen LogP contribution in [0.3, 0.4) is 0 Å². The molecule has 7 heteroatoms. The number of carbonyl (C=O) groups is 2. The van der Waals surface area contributed by atoms with E-state index in [-0.39, 0.29) is 29.0 Å². The third-order valence-corrected chi connectivity index (χ3v) is 12.6. The summed E-state index contributed by atoms with van der Waals surface area (Å²) in [5, 5.41) is 0.0616. The van der Waals surface area contributed by atoms with Crippen LogP contribution in [-0.2, 0) is 26.8 Å². The molecule has 184 valence electrons. The van der Waals surface area contributed by atoms with E-state index in [1.807, 2.05) is 54.3 Å². The summed E-state index contributed by atoms with van der Waals surface area (Å²) in [5.74, 6) is -0.293. The highest BCUT2D eigenvalue weighted by Crippen LogP contribution is 2.39. The average molecular weight is 547 g/mol. The van der Waals surface area contributed by atoms with E-state index in [1.165, 1.54) is 7.11 Å². The van der Waals surface area contributed by atoms with Gasteiger partial charge in [-0.2, -0.15) is 0 Å². The number of hydrogen-bond donors (Lipinski definition) is 0. The maximum absolute atomic E-state index is 13.7. The minimum absolute atomic E-state index is 0.0531. The van der Waals surface area contributed by atoms with E-state index in [4.69, 9.17) is 9.16 Å². The lowest BCUT2D eigenvalue weighted by Crippen LogP contribution is -2.52. The number of esters is 1. The van der Waals surface area contributed by atoms with Crippen LogP contribution in [0.25, 0.3) is 0 Å². The maximum atomic E-state index is 13.7. The van der Waals surface area contributed by atoms with Crippen LogP contribution in [0.4, 0.5) is 0 Å². The van der Waals surface area contributed by atoms with Gasteiger partial charge < -0.3 is 14.1 Å². The summed E-state index contributed by atoms with van der Waals surface area (Å²) < 4.78 is 12.6. The first-order valence-corrected chi connectivity index (χ1v) is 15.5. The Morgan fingerprint density at radius 3 is 2.41 bits per heavy atom. The van der Waals surface area contributed by atoms with Gasteiger partial charge in [-0.15, -0.1) is 0 Å². The number of fused-ring (bicyclic) bond motifs is 1. The van der Waals surface area contributed by atoms with Gasteiger partial charge in [0.2, 0.25) is 5.91 Å². The first-order valence-electron chi connectivity index (χ1n) is 11.8. The van der Waals surface area contributed by atoms with Gasteiger partial charge in [0.25, 0.3) is 0 Å². The van der Waals surface area contributed by atoms with Crippen LogP contribution in [0.15, 0.2) is 46.9 Å². The summed E-state index contributed by atoms with van der Waals surface area (Å²) in [6.45, 7) is 13.6. The molecule has 0 fully saturated rings. The van der Waals surface area contributed by atoms with Gasteiger partial charge in [-0.1, -0.05) is 67.0 Å². The standard InChI is InChI=1S/C27H36BrNO4Si/c1-18-21-12-10-13-22(26(31)32-5)23(21)16-20(17-33-34(6,7)27(2,3)4)29(18)25(30)15-19-11-8-9-14-24(19)28/h8-14,18,20H,15-17H2,1-7H3/t18-,20+/m0/s1. The number of benzene rings is 2. The first-order chi connectivity index (χ1) is 15.9. The van der Waals surface area contributed by atoms with Crippen molar-refractivity contribution in [1.29, 1.82) is 0 Å². The Kier molecular flexibility index (Phi) is 8.10. The van der Waals surface area contributed by atoms with Crippen LogP contribution in [0.5, 0.6) is 0 Å². The topological polar surface area (TPSA) is 55.8 Å². The molecule has 1 heterocycles. The molecule has 0 aliphatic carbocycles. The van der Waals surface area contributed by atoms with Gasteiger partial charge in [-0.3, -0.25) is 4.79 Å². The highest BCUT2D eigenvalue weighted by molar-refractivity contribution is 9.10. The zero-order valence-electron chi connectivity index (χ0n) is 21.3. The second kappa shape index (κ2) is 10.3. The molecule has 34 heavy (non-hydrogen) atoms. The van der Waals surface area contributed by atoms with Crippen molar-refractivity contribution in [3.63, 3.8) is 0 Å². The molecule has 0 aromatic heterocycles. The fourth-order valence-corrected chi connectivity index (χ4v) is 5.77. The van der Waals surface area contributed by atoms with Crippen LogP contribution in [0.1, 0.15) is 60.8 Å². The zero-order chi connectivity index (χ0) is 25.3. The normalized spacial score (nSPS) is 18.4. The van der Waals surface area contributed by atoms with Gasteiger partial charge in [-0.05, 0) is 60.3 Å². The number of carbonyl (C=O) groups excluding carboxylic acids is 2. The molecule has 0 radical (unpaired) electrons. The Morgan fingerprint density at radius 1 is 1.12 bits per heavy atom. The highest BCUT2D eigenvalue weighted by Gasteiger charge is 2.41. The van der Waals surface area contributed by atoms with Gasteiger partial charge in [0, 0.05) is 4.47 Å². The number of ether oxygens (including phenoxy) is 1. The molecule has 0 N–H and O–H groups in total. The fraction of sp³-hybridized carbons (Fsp3) is 0.481. The van der Waals surface area contributed by atoms with Gasteiger partial charge in [0.1, 0.15) is 0 Å². The Hall–Kier alpha value is -1.96. The number of methoxy groups -OCH3 is 1. The highest BCUT2D eigenvalue weighted by atomic mass is 79.9. The molecule has 0 bridgehead atoms. The number of hydrogen-bond acceptors (Lipinski definition) is 4. The SMILES string of the molecule is COC(=O)c1cccc2c1C[C@H](CO[Si](C)(C)C(C)(C)C)N(C(=O)Cc1ccccc1Br)[C@H]2C. The molecule has 3 rings (SSSR count). The third-order valence-electron chi connectivity index (χ3n) is 7.35. The smallest absolute Gasteiger partial charge is 0.338 e. The summed E-state index contributed by atoms with van der Waals surface area (Å²) in [7, 11) is -0.627. The summed E-state index contributed by atoms with van der Waals surface area (Å²) in [6, 6.07) is 13.2. The lowest BCUT2D eigenvalue weighted by atomic mass is 9.85. The molecule has 1 amide bonds. The van der Waals surface area contributed by atoms with Gasteiger partial charge in [-0.25, -0.2) is 4.79 Å². The maximum Gasteiger partial charge on any atom is 0.338 e. The Morgan fingerprint density at radius 2 is 1.79 bits per heavy atom. The van der Waals surface area contributed by atoms with E-state index in [2.05, 4.69) is 49.8 Å². The van der Waals surface area contributed by atoms with Crippen LogP contribution < -0.4 is 0 Å². The second-order valence-corrected chi connectivity index (χ2v) is 16.2. The van der Waals surface area contributed by atoms with Crippen molar-refractivity contribution in [3.05, 3.63) is 69.2 Å². The molecule has 2 aromatic carbocycles. The molecule has 0 unspecified atom stereocenters. The molecular formula is C27H36BrNO4Si. The zero-order valence-corrected chi connectivity index (χ0v) is 23.9. The van der Waals surface area contributed by atoms with Crippen molar-refractivity contribution in [3.8, 4) is 0 Å². The van der Waals surface area contributed by atoms with Crippen molar-refractivity contribution in [2.24, 2.45) is 0 Å². The molecule has 1 aliphatic heterocycles. The van der Waals surface area contributed by atoms with Gasteiger partial charge in [0.15, 0.2) is 8.32 Å². The number of nitrogens with zero attached hydrogens (tertiary/aromatic N) is 1. The quantitative estimate of drug-likeness (QED) is 0.315. The predicted molar refractivity (Wildman–Crippen MR) is 142 cm³/mol. The molecule has 2 atom stereocenters. The van der Waals surface area contributed by atoms with Crippen LogP contribution in [0.2, 0.25) is 18.1 Å². The Balaban J connectivity index is 1.99. The molecule has 0 saturated heterocycles. The average Bonchev–Trinajstić information content (AvgIpc) is 2.77. The van der Waals surface area contributed by atoms with Crippen molar-refractivity contribution < 1.29 is 18.8 Å². The van der Waals surface area contributed by atoms with E-state index in [9.17, 15) is 9.59 Å². The fourth-order valence-electron chi connectivity index (χ4n) is 4.30. The molecule has 0 saturated carbocycles. The lowest BCUT2D eigenvalue weighted by molar-refractivity contribution is -0.137. The van der Waals surface area contributed by atoms with Gasteiger partial charge >= 0.3 is 5.97 Å². The molecular weight excluding hydrogens is 510 g/mol. The summed E-state index contributed by atoms with van der Waals surface area (Å²) in [4.78, 5) is 28.2.